The van der Waals surface area contributed by atoms with Crippen molar-refractivity contribution in [3.8, 4) is 0 Å². The molecule has 0 saturated carbocycles. The Kier molecular flexibility index (Phi) is 7.31. The number of carbonyl (C=O) groups excluding carboxylic acids is 3. The summed E-state index contributed by atoms with van der Waals surface area (Å²) < 4.78 is 9.58. The fourth-order valence-corrected chi connectivity index (χ4v) is 2.04. The molecular weight excluding hydrogens is 294 g/mol. The van der Waals surface area contributed by atoms with Crippen LogP contribution in [0.3, 0.4) is 0 Å². The summed E-state index contributed by atoms with van der Waals surface area (Å²) in [6.45, 7) is 1.48. The van der Waals surface area contributed by atoms with Crippen molar-refractivity contribution < 1.29 is 23.9 Å². The molecule has 1 aromatic carbocycles. The number of amides is 1. The maximum atomic E-state index is 11.7. The molecule has 1 atom stereocenters. The number of benzene rings is 1. The summed E-state index contributed by atoms with van der Waals surface area (Å²) >= 11 is 0.930. The molecule has 21 heavy (non-hydrogen) atoms. The number of thioether (sulfide) groups is 1. The number of hydrogen-bond donors (Lipinski definition) is 1. The number of carbonyl (C=O) groups is 3. The van der Waals surface area contributed by atoms with E-state index in [0.717, 1.165) is 17.3 Å². The van der Waals surface area contributed by atoms with E-state index < -0.39 is 18.1 Å². The van der Waals surface area contributed by atoms with Gasteiger partial charge in [-0.05, 0) is 5.56 Å². The fourth-order valence-electron chi connectivity index (χ4n) is 1.42. The van der Waals surface area contributed by atoms with E-state index in [4.69, 9.17) is 4.74 Å². The monoisotopic (exact) mass is 311 g/mol. The van der Waals surface area contributed by atoms with E-state index in [1.807, 2.05) is 30.3 Å². The van der Waals surface area contributed by atoms with Crippen LogP contribution in [0.25, 0.3) is 0 Å². The van der Waals surface area contributed by atoms with E-state index in [1.165, 1.54) is 14.0 Å². The minimum absolute atomic E-state index is 0.0976. The van der Waals surface area contributed by atoms with Crippen LogP contribution >= 0.6 is 11.8 Å². The predicted molar refractivity (Wildman–Crippen MR) is 78.7 cm³/mol. The minimum Gasteiger partial charge on any atom is -0.467 e. The van der Waals surface area contributed by atoms with Crippen molar-refractivity contribution in [2.45, 2.75) is 19.6 Å². The van der Waals surface area contributed by atoms with E-state index in [2.05, 4.69) is 10.1 Å². The molecule has 6 nitrogen and oxygen atoms in total. The molecular formula is C14H17NO5S. The Morgan fingerprint density at radius 2 is 1.90 bits per heavy atom. The van der Waals surface area contributed by atoms with Gasteiger partial charge in [-0.2, -0.15) is 0 Å². The topological polar surface area (TPSA) is 81.7 Å². The van der Waals surface area contributed by atoms with Crippen molar-refractivity contribution in [2.75, 3.05) is 12.9 Å². The molecule has 114 valence electrons. The minimum atomic E-state index is -0.924. The lowest BCUT2D eigenvalue weighted by atomic mass is 10.2. The second-order valence-electron chi connectivity index (χ2n) is 4.08. The molecule has 0 fully saturated rings. The third-order valence-electron chi connectivity index (χ3n) is 2.44. The molecule has 0 bridgehead atoms. The Bertz CT molecular complexity index is 491. The number of hydrogen-bond acceptors (Lipinski definition) is 6. The van der Waals surface area contributed by atoms with Crippen LogP contribution in [0.5, 0.6) is 0 Å². The van der Waals surface area contributed by atoms with E-state index in [9.17, 15) is 14.4 Å². The highest BCUT2D eigenvalue weighted by molar-refractivity contribution is 8.13. The molecule has 1 amide bonds. The average molecular weight is 311 g/mol. The zero-order chi connectivity index (χ0) is 15.7. The van der Waals surface area contributed by atoms with E-state index in [-0.39, 0.29) is 17.5 Å². The zero-order valence-corrected chi connectivity index (χ0v) is 12.6. The molecule has 0 spiro atoms. The molecule has 1 N–H and O–H groups in total. The maximum absolute atomic E-state index is 11.7. The highest BCUT2D eigenvalue weighted by atomic mass is 32.2. The normalized spacial score (nSPS) is 11.3. The Morgan fingerprint density at radius 3 is 2.48 bits per heavy atom. The molecule has 1 aromatic rings. The molecule has 0 radical (unpaired) electrons. The summed E-state index contributed by atoms with van der Waals surface area (Å²) in [4.78, 5) is 34.1. The third kappa shape index (κ3) is 6.80. The standard InChI is InChI=1S/C14H17NO5S/c1-10(16)21-9-12(13(17)19-2)15-14(18)20-8-11-6-4-3-5-7-11/h3-7,12H,8-9H2,1-2H3,(H,15,18)/t12-/m0/s1. The Labute approximate surface area is 127 Å². The van der Waals surface area contributed by atoms with Crippen LogP contribution in [0.15, 0.2) is 30.3 Å². The number of nitrogens with one attached hydrogen (secondary N) is 1. The molecule has 0 unspecified atom stereocenters. The highest BCUT2D eigenvalue weighted by Gasteiger charge is 2.22. The number of esters is 1. The van der Waals surface area contributed by atoms with Crippen molar-refractivity contribution in [3.63, 3.8) is 0 Å². The van der Waals surface area contributed by atoms with Gasteiger partial charge >= 0.3 is 12.1 Å². The quantitative estimate of drug-likeness (QED) is 0.806. The first-order valence-electron chi connectivity index (χ1n) is 6.21. The number of alkyl carbamates (subject to hydrolysis) is 1. The Morgan fingerprint density at radius 1 is 1.24 bits per heavy atom. The van der Waals surface area contributed by atoms with Gasteiger partial charge in [-0.15, -0.1) is 0 Å². The van der Waals surface area contributed by atoms with Gasteiger partial charge in [0.2, 0.25) is 0 Å². The summed E-state index contributed by atoms with van der Waals surface area (Å²) in [5.41, 5.74) is 0.834. The van der Waals surface area contributed by atoms with Crippen LogP contribution in [0, 0.1) is 0 Å². The maximum Gasteiger partial charge on any atom is 0.408 e. The second kappa shape index (κ2) is 9.02. The molecule has 0 aliphatic rings. The van der Waals surface area contributed by atoms with Gasteiger partial charge in [0.1, 0.15) is 12.6 Å². The molecule has 7 heteroatoms. The summed E-state index contributed by atoms with van der Waals surface area (Å²) in [5, 5.41) is 2.23. The second-order valence-corrected chi connectivity index (χ2v) is 5.28. The van der Waals surface area contributed by atoms with Crippen LogP contribution in [0.2, 0.25) is 0 Å². The van der Waals surface area contributed by atoms with E-state index in [0.29, 0.717) is 0 Å². The van der Waals surface area contributed by atoms with Gasteiger partial charge in [-0.1, -0.05) is 42.1 Å². The summed E-state index contributed by atoms with van der Waals surface area (Å²) in [6.07, 6.45) is -0.738. The number of rotatable bonds is 6. The van der Waals surface area contributed by atoms with Crippen LogP contribution in [-0.4, -0.2) is 36.1 Å². The molecule has 0 aliphatic carbocycles. The lowest BCUT2D eigenvalue weighted by Crippen LogP contribution is -2.43. The predicted octanol–water partition coefficient (Wildman–Crippen LogP) is 1.73. The molecule has 1 rings (SSSR count). The highest BCUT2D eigenvalue weighted by Crippen LogP contribution is 2.06. The molecule has 0 aliphatic heterocycles. The fraction of sp³-hybridized carbons (Fsp3) is 0.357. The first-order chi connectivity index (χ1) is 10.0. The Hall–Kier alpha value is -2.02. The van der Waals surface area contributed by atoms with Crippen LogP contribution in [-0.2, 0) is 25.7 Å². The first kappa shape index (κ1) is 17.0. The summed E-state index contributed by atoms with van der Waals surface area (Å²) in [7, 11) is 1.21. The van der Waals surface area contributed by atoms with Crippen molar-refractivity contribution in [2.24, 2.45) is 0 Å². The van der Waals surface area contributed by atoms with Gasteiger partial charge in [0, 0.05) is 12.7 Å². The van der Waals surface area contributed by atoms with Crippen molar-refractivity contribution in [1.29, 1.82) is 0 Å². The zero-order valence-electron chi connectivity index (χ0n) is 11.8. The van der Waals surface area contributed by atoms with Gasteiger partial charge in [0.05, 0.1) is 7.11 Å². The first-order valence-corrected chi connectivity index (χ1v) is 7.20. The van der Waals surface area contributed by atoms with Crippen molar-refractivity contribution >= 4 is 28.9 Å². The van der Waals surface area contributed by atoms with Gasteiger partial charge < -0.3 is 14.8 Å². The Balaban J connectivity index is 2.47. The van der Waals surface area contributed by atoms with Crippen LogP contribution in [0.1, 0.15) is 12.5 Å². The van der Waals surface area contributed by atoms with E-state index in [1.54, 1.807) is 0 Å². The number of methoxy groups -OCH3 is 1. The number of ether oxygens (including phenoxy) is 2. The van der Waals surface area contributed by atoms with Gasteiger partial charge in [-0.25, -0.2) is 9.59 Å². The largest absolute Gasteiger partial charge is 0.467 e. The lowest BCUT2D eigenvalue weighted by Gasteiger charge is -2.15. The van der Waals surface area contributed by atoms with Gasteiger partial charge in [-0.3, -0.25) is 4.79 Å². The van der Waals surface area contributed by atoms with E-state index >= 15 is 0 Å². The lowest BCUT2D eigenvalue weighted by molar-refractivity contribution is -0.142. The average Bonchev–Trinajstić information content (AvgIpc) is 2.49. The van der Waals surface area contributed by atoms with Gasteiger partial charge in [0.15, 0.2) is 5.12 Å². The smallest absolute Gasteiger partial charge is 0.408 e. The molecule has 0 heterocycles. The SMILES string of the molecule is COC(=O)[C@H](CSC(C)=O)NC(=O)OCc1ccccc1. The van der Waals surface area contributed by atoms with Crippen molar-refractivity contribution in [1.82, 2.24) is 5.32 Å². The molecule has 0 saturated heterocycles. The molecule has 0 aromatic heterocycles. The summed E-state index contributed by atoms with van der Waals surface area (Å²) in [5.74, 6) is -0.525. The van der Waals surface area contributed by atoms with Crippen LogP contribution in [0.4, 0.5) is 4.79 Å². The van der Waals surface area contributed by atoms with Crippen molar-refractivity contribution in [3.05, 3.63) is 35.9 Å². The van der Waals surface area contributed by atoms with Gasteiger partial charge in [0.25, 0.3) is 0 Å². The summed E-state index contributed by atoms with van der Waals surface area (Å²) in [6, 6.07) is 8.23. The van der Waals surface area contributed by atoms with Crippen LogP contribution < -0.4 is 5.32 Å². The third-order valence-corrected chi connectivity index (χ3v) is 3.35.